The van der Waals surface area contributed by atoms with E-state index in [0.717, 1.165) is 0 Å². The maximum atomic E-state index is 13.4. The first-order valence-corrected chi connectivity index (χ1v) is 9.87. The molecular formula is C19H30F4N2O3. The predicted octanol–water partition coefficient (Wildman–Crippen LogP) is 3.37. The van der Waals surface area contributed by atoms with E-state index in [1.807, 2.05) is 0 Å². The van der Waals surface area contributed by atoms with Crippen molar-refractivity contribution in [2.75, 3.05) is 13.1 Å². The summed E-state index contributed by atoms with van der Waals surface area (Å²) in [5.41, 5.74) is 0. The zero-order valence-electron chi connectivity index (χ0n) is 16.7. The van der Waals surface area contributed by atoms with E-state index in [-0.39, 0.29) is 38.0 Å². The van der Waals surface area contributed by atoms with Gasteiger partial charge in [0.25, 0.3) is 5.92 Å². The van der Waals surface area contributed by atoms with Gasteiger partial charge in [0.15, 0.2) is 0 Å². The van der Waals surface area contributed by atoms with Crippen molar-refractivity contribution in [3.05, 3.63) is 0 Å². The van der Waals surface area contributed by atoms with Crippen LogP contribution in [0, 0.1) is 5.92 Å². The molecule has 5 nitrogen and oxygen atoms in total. The first-order valence-electron chi connectivity index (χ1n) is 9.87. The summed E-state index contributed by atoms with van der Waals surface area (Å²) >= 11 is 0. The molecule has 2 amide bonds. The molecule has 0 bridgehead atoms. The number of carbonyl (C=O) groups is 2. The van der Waals surface area contributed by atoms with Crippen molar-refractivity contribution in [1.29, 1.82) is 0 Å². The second-order valence-electron chi connectivity index (χ2n) is 8.10. The first-order chi connectivity index (χ1) is 12.9. The highest BCUT2D eigenvalue weighted by atomic mass is 19.3. The fourth-order valence-corrected chi connectivity index (χ4v) is 3.91. The van der Waals surface area contributed by atoms with E-state index in [1.165, 1.54) is 11.8 Å². The lowest BCUT2D eigenvalue weighted by Crippen LogP contribution is -2.56. The van der Waals surface area contributed by atoms with Gasteiger partial charge in [-0.2, -0.15) is 0 Å². The second-order valence-corrected chi connectivity index (χ2v) is 8.10. The number of hydrogen-bond donors (Lipinski definition) is 1. The Morgan fingerprint density at radius 1 is 1.00 bits per heavy atom. The van der Waals surface area contributed by atoms with Gasteiger partial charge in [0.05, 0.1) is 12.2 Å². The lowest BCUT2D eigenvalue weighted by atomic mass is 9.83. The monoisotopic (exact) mass is 410 g/mol. The summed E-state index contributed by atoms with van der Waals surface area (Å²) in [7, 11) is 0. The van der Waals surface area contributed by atoms with Crippen LogP contribution in [-0.2, 0) is 14.3 Å². The summed E-state index contributed by atoms with van der Waals surface area (Å²) in [5.74, 6) is -6.35. The number of ether oxygens (including phenoxy) is 1. The number of amides is 2. The van der Waals surface area contributed by atoms with Crippen LogP contribution in [0.15, 0.2) is 0 Å². The molecule has 1 aliphatic carbocycles. The van der Waals surface area contributed by atoms with Crippen LogP contribution in [0.1, 0.15) is 59.3 Å². The number of rotatable bonds is 6. The highest BCUT2D eigenvalue weighted by molar-refractivity contribution is 5.87. The molecule has 0 spiro atoms. The molecule has 2 aliphatic rings. The molecule has 0 aromatic rings. The number of carbonyl (C=O) groups excluding carboxylic acids is 2. The van der Waals surface area contributed by atoms with Crippen LogP contribution in [0.4, 0.5) is 17.6 Å². The first kappa shape index (κ1) is 22.9. The number of piperidine rings is 1. The van der Waals surface area contributed by atoms with E-state index >= 15 is 0 Å². The van der Waals surface area contributed by atoms with Crippen molar-refractivity contribution in [2.24, 2.45) is 5.92 Å². The topological polar surface area (TPSA) is 58.6 Å². The van der Waals surface area contributed by atoms with Crippen molar-refractivity contribution in [3.8, 4) is 0 Å². The van der Waals surface area contributed by atoms with E-state index in [1.54, 1.807) is 13.8 Å². The van der Waals surface area contributed by atoms with Crippen molar-refractivity contribution < 1.29 is 31.9 Å². The second kappa shape index (κ2) is 8.97. The van der Waals surface area contributed by atoms with Crippen LogP contribution in [0.2, 0.25) is 0 Å². The van der Waals surface area contributed by atoms with Gasteiger partial charge in [0.2, 0.25) is 17.7 Å². The molecule has 162 valence electrons. The van der Waals surface area contributed by atoms with Gasteiger partial charge in [-0.15, -0.1) is 0 Å². The van der Waals surface area contributed by atoms with E-state index in [2.05, 4.69) is 5.32 Å². The highest BCUT2D eigenvalue weighted by Gasteiger charge is 2.41. The van der Waals surface area contributed by atoms with E-state index in [0.29, 0.717) is 12.8 Å². The fourth-order valence-electron chi connectivity index (χ4n) is 3.91. The van der Waals surface area contributed by atoms with Gasteiger partial charge >= 0.3 is 0 Å². The molecule has 9 heteroatoms. The highest BCUT2D eigenvalue weighted by Crippen LogP contribution is 2.38. The van der Waals surface area contributed by atoms with Gasteiger partial charge in [0, 0.05) is 45.7 Å². The number of nitrogens with one attached hydrogen (secondary N) is 1. The maximum absolute atomic E-state index is 13.4. The Morgan fingerprint density at radius 2 is 1.50 bits per heavy atom. The molecule has 0 aromatic carbocycles. The van der Waals surface area contributed by atoms with Crippen LogP contribution in [0.3, 0.4) is 0 Å². The predicted molar refractivity (Wildman–Crippen MR) is 95.3 cm³/mol. The smallest absolute Gasteiger partial charge is 0.251 e. The Kier molecular flexibility index (Phi) is 7.33. The van der Waals surface area contributed by atoms with Crippen molar-refractivity contribution in [3.63, 3.8) is 0 Å². The molecule has 0 radical (unpaired) electrons. The maximum Gasteiger partial charge on any atom is 0.251 e. The van der Waals surface area contributed by atoms with Gasteiger partial charge in [-0.1, -0.05) is 0 Å². The van der Waals surface area contributed by atoms with E-state index < -0.39 is 48.6 Å². The molecule has 0 aromatic heterocycles. The van der Waals surface area contributed by atoms with Gasteiger partial charge in [-0.3, -0.25) is 9.59 Å². The quantitative estimate of drug-likeness (QED) is 0.683. The van der Waals surface area contributed by atoms with Crippen LogP contribution < -0.4 is 5.32 Å². The molecule has 1 aliphatic heterocycles. The van der Waals surface area contributed by atoms with Crippen molar-refractivity contribution >= 4 is 11.8 Å². The summed E-state index contributed by atoms with van der Waals surface area (Å²) in [6.07, 6.45) is -1.59. The summed E-state index contributed by atoms with van der Waals surface area (Å²) in [5, 5.41) is 2.56. The number of likely N-dealkylation sites (tertiary alicyclic amines) is 1. The molecule has 28 heavy (non-hydrogen) atoms. The lowest BCUT2D eigenvalue weighted by molar-refractivity contribution is -0.148. The number of hydrogen-bond acceptors (Lipinski definition) is 3. The van der Waals surface area contributed by atoms with Crippen molar-refractivity contribution in [1.82, 2.24) is 10.2 Å². The molecule has 3 atom stereocenters. The lowest BCUT2D eigenvalue weighted by Gasteiger charge is -2.37. The Balaban J connectivity index is 1.97. The molecule has 1 N–H and O–H groups in total. The van der Waals surface area contributed by atoms with Crippen LogP contribution in [0.25, 0.3) is 0 Å². The molecule has 1 saturated heterocycles. The van der Waals surface area contributed by atoms with Crippen LogP contribution in [0.5, 0.6) is 0 Å². The van der Waals surface area contributed by atoms with Gasteiger partial charge in [-0.25, -0.2) is 17.6 Å². The van der Waals surface area contributed by atoms with E-state index in [4.69, 9.17) is 4.74 Å². The third-order valence-corrected chi connectivity index (χ3v) is 5.76. The number of halogens is 4. The molecule has 2 fully saturated rings. The standard InChI is InChI=1S/C19H30F4N2O3/c1-12(15-4-6-18(20,21)7-5-15)28-13(2)16(24-14(3)26)17(27)25-10-8-19(22,23)9-11-25/h12-13,15-16H,4-11H2,1-3H3,(H,24,26). The minimum atomic E-state index is -2.78. The Morgan fingerprint density at radius 3 is 2.00 bits per heavy atom. The zero-order chi connectivity index (χ0) is 21.1. The normalized spacial score (nSPS) is 25.6. The summed E-state index contributed by atoms with van der Waals surface area (Å²) in [6, 6.07) is -1.00. The third-order valence-electron chi connectivity index (χ3n) is 5.76. The van der Waals surface area contributed by atoms with Crippen molar-refractivity contribution in [2.45, 2.75) is 89.4 Å². The average molecular weight is 410 g/mol. The van der Waals surface area contributed by atoms with Gasteiger partial charge in [-0.05, 0) is 32.6 Å². The minimum Gasteiger partial charge on any atom is -0.373 e. The SMILES string of the molecule is CC(=O)NC(C(=O)N1CCC(F)(F)CC1)C(C)OC(C)C1CCC(F)(F)CC1. The summed E-state index contributed by atoms with van der Waals surface area (Å²) < 4.78 is 59.3. The molecule has 1 heterocycles. The van der Waals surface area contributed by atoms with Gasteiger partial charge in [0.1, 0.15) is 6.04 Å². The minimum absolute atomic E-state index is 0.0520. The summed E-state index contributed by atoms with van der Waals surface area (Å²) in [4.78, 5) is 25.7. The average Bonchev–Trinajstić information content (AvgIpc) is 2.58. The number of alkyl halides is 4. The van der Waals surface area contributed by atoms with E-state index in [9.17, 15) is 27.2 Å². The Bertz CT molecular complexity index is 553. The van der Waals surface area contributed by atoms with Crippen LogP contribution >= 0.6 is 0 Å². The molecule has 1 saturated carbocycles. The Hall–Kier alpha value is -1.38. The summed E-state index contributed by atoms with van der Waals surface area (Å²) in [6.45, 7) is 4.51. The molecule has 3 unspecified atom stereocenters. The largest absolute Gasteiger partial charge is 0.373 e. The zero-order valence-corrected chi connectivity index (χ0v) is 16.7. The van der Waals surface area contributed by atoms with Gasteiger partial charge < -0.3 is 15.0 Å². The fraction of sp³-hybridized carbons (Fsp3) is 0.895. The molecular weight excluding hydrogens is 380 g/mol. The number of nitrogens with zero attached hydrogens (tertiary/aromatic N) is 1. The molecule has 2 rings (SSSR count). The van der Waals surface area contributed by atoms with Crippen LogP contribution in [-0.4, -0.2) is 59.9 Å². The third kappa shape index (κ3) is 6.32. The Labute approximate surface area is 163 Å².